The smallest absolute Gasteiger partial charge is 0.131 e. The van der Waals surface area contributed by atoms with Crippen LogP contribution in [-0.4, -0.2) is 6.61 Å². The lowest BCUT2D eigenvalue weighted by molar-refractivity contribution is 0.127. The maximum Gasteiger partial charge on any atom is 0.131 e. The molecule has 1 aliphatic carbocycles. The molecule has 0 heterocycles. The van der Waals surface area contributed by atoms with Gasteiger partial charge in [-0.2, -0.15) is 0 Å². The molecule has 0 aromatic heterocycles. The van der Waals surface area contributed by atoms with E-state index in [0.29, 0.717) is 11.5 Å². The van der Waals surface area contributed by atoms with E-state index in [4.69, 9.17) is 4.74 Å². The van der Waals surface area contributed by atoms with Crippen LogP contribution in [0.25, 0.3) is 33.4 Å². The van der Waals surface area contributed by atoms with E-state index in [2.05, 4.69) is 109 Å². The first kappa shape index (κ1) is 34.9. The molecule has 4 aromatic rings. The second kappa shape index (κ2) is 15.7. The van der Waals surface area contributed by atoms with Crippen LogP contribution in [-0.2, 0) is 19.3 Å². The maximum atomic E-state index is 15.8. The van der Waals surface area contributed by atoms with Gasteiger partial charge in [0.05, 0.1) is 6.61 Å². The lowest BCUT2D eigenvalue weighted by Crippen LogP contribution is -2.26. The number of rotatable bonds is 13. The van der Waals surface area contributed by atoms with Crippen molar-refractivity contribution in [3.05, 3.63) is 101 Å². The molecule has 250 valence electrons. The van der Waals surface area contributed by atoms with Gasteiger partial charge in [0.15, 0.2) is 0 Å². The predicted octanol–water partition coefficient (Wildman–Crippen LogP) is 13.4. The fourth-order valence-corrected chi connectivity index (χ4v) is 7.69. The number of ether oxygens (including phenoxy) is 1. The number of hydrogen-bond acceptors (Lipinski definition) is 1. The molecule has 1 aliphatic rings. The second-order valence-corrected chi connectivity index (χ2v) is 14.2. The summed E-state index contributed by atoms with van der Waals surface area (Å²) < 4.78 is 22.4. The first-order valence-electron chi connectivity index (χ1n) is 18.6. The summed E-state index contributed by atoms with van der Waals surface area (Å²) >= 11 is 0. The number of halogens is 1. The molecule has 47 heavy (non-hydrogen) atoms. The van der Waals surface area contributed by atoms with Gasteiger partial charge in [0.1, 0.15) is 11.6 Å². The second-order valence-electron chi connectivity index (χ2n) is 14.2. The minimum Gasteiger partial charge on any atom is -0.493 e. The van der Waals surface area contributed by atoms with Crippen LogP contribution in [0.15, 0.2) is 72.8 Å². The average Bonchev–Trinajstić information content (AvgIpc) is 3.12. The molecule has 0 unspecified atom stereocenters. The van der Waals surface area contributed by atoms with Crippen molar-refractivity contribution in [3.8, 4) is 39.1 Å². The first-order valence-corrected chi connectivity index (χ1v) is 18.6. The van der Waals surface area contributed by atoms with Gasteiger partial charge in [0.2, 0.25) is 0 Å². The molecule has 1 nitrogen and oxygen atoms in total. The van der Waals surface area contributed by atoms with Gasteiger partial charge in [-0.15, -0.1) is 0 Å². The number of hydrogen-bond donors (Lipinski definition) is 0. The average molecular weight is 633 g/mol. The van der Waals surface area contributed by atoms with Gasteiger partial charge in [-0.25, -0.2) is 4.39 Å². The molecule has 0 aliphatic heterocycles. The Morgan fingerprint density at radius 1 is 0.596 bits per heavy atom. The van der Waals surface area contributed by atoms with Crippen molar-refractivity contribution >= 4 is 0 Å². The van der Waals surface area contributed by atoms with E-state index in [1.807, 2.05) is 6.07 Å². The van der Waals surface area contributed by atoms with Gasteiger partial charge in [0, 0.05) is 11.0 Å². The normalized spacial score (nSPS) is 16.8. The largest absolute Gasteiger partial charge is 0.493 e. The molecule has 4 aromatic carbocycles. The van der Waals surface area contributed by atoms with Crippen LogP contribution in [0.4, 0.5) is 4.39 Å². The fourth-order valence-electron chi connectivity index (χ4n) is 7.69. The Kier molecular flexibility index (Phi) is 11.6. The van der Waals surface area contributed by atoms with Crippen molar-refractivity contribution in [1.82, 2.24) is 0 Å². The van der Waals surface area contributed by atoms with E-state index in [0.717, 1.165) is 73.5 Å². The van der Waals surface area contributed by atoms with Crippen LogP contribution in [0.3, 0.4) is 0 Å². The Bertz CT molecular complexity index is 1610. The third-order valence-electron chi connectivity index (χ3n) is 11.6. The van der Waals surface area contributed by atoms with Crippen molar-refractivity contribution in [2.24, 2.45) is 11.3 Å². The summed E-state index contributed by atoms with van der Waals surface area (Å²) in [7, 11) is 0. The van der Waals surface area contributed by atoms with Crippen molar-refractivity contribution < 1.29 is 9.13 Å². The summed E-state index contributed by atoms with van der Waals surface area (Å²) in [5, 5.41) is 0. The topological polar surface area (TPSA) is 9.23 Å². The molecular formula is C45H57FO. The summed E-state index contributed by atoms with van der Waals surface area (Å²) in [5.41, 5.74) is 11.6. The van der Waals surface area contributed by atoms with Crippen LogP contribution < -0.4 is 4.74 Å². The molecule has 0 spiro atoms. The van der Waals surface area contributed by atoms with E-state index >= 15 is 4.39 Å². The van der Waals surface area contributed by atoms with Gasteiger partial charge in [-0.3, -0.25) is 0 Å². The summed E-state index contributed by atoms with van der Waals surface area (Å²) in [6.45, 7) is 16.6. The zero-order chi connectivity index (χ0) is 33.6. The van der Waals surface area contributed by atoms with Gasteiger partial charge in [-0.1, -0.05) is 116 Å². The Morgan fingerprint density at radius 2 is 1.17 bits per heavy atom. The Hall–Kier alpha value is -3.39. The fraction of sp³-hybridized carbons (Fsp3) is 0.467. The highest BCUT2D eigenvalue weighted by Gasteiger charge is 2.26. The summed E-state index contributed by atoms with van der Waals surface area (Å²) in [4.78, 5) is 0. The molecule has 1 saturated carbocycles. The van der Waals surface area contributed by atoms with E-state index < -0.39 is 0 Å². The molecule has 0 N–H and O–H groups in total. The lowest BCUT2D eigenvalue weighted by Gasteiger charge is -2.31. The van der Waals surface area contributed by atoms with Crippen LogP contribution in [0.1, 0.15) is 122 Å². The van der Waals surface area contributed by atoms with Crippen LogP contribution >= 0.6 is 0 Å². The van der Waals surface area contributed by atoms with Gasteiger partial charge >= 0.3 is 0 Å². The van der Waals surface area contributed by atoms with Gasteiger partial charge in [-0.05, 0) is 131 Å². The highest BCUT2D eigenvalue weighted by molar-refractivity contribution is 5.78. The third kappa shape index (κ3) is 7.69. The highest BCUT2D eigenvalue weighted by Crippen LogP contribution is 2.39. The lowest BCUT2D eigenvalue weighted by atomic mass is 9.79. The Balaban J connectivity index is 1.40. The molecule has 5 rings (SSSR count). The Morgan fingerprint density at radius 3 is 1.77 bits per heavy atom. The van der Waals surface area contributed by atoms with Crippen molar-refractivity contribution in [2.75, 3.05) is 6.61 Å². The molecule has 0 radical (unpaired) electrons. The summed E-state index contributed by atoms with van der Waals surface area (Å²) in [6.07, 6.45) is 11.3. The summed E-state index contributed by atoms with van der Waals surface area (Å²) in [5.74, 6) is 2.37. The third-order valence-corrected chi connectivity index (χ3v) is 11.6. The van der Waals surface area contributed by atoms with Gasteiger partial charge in [0.25, 0.3) is 0 Å². The van der Waals surface area contributed by atoms with Crippen molar-refractivity contribution in [3.63, 3.8) is 0 Å². The molecule has 0 saturated heterocycles. The van der Waals surface area contributed by atoms with E-state index in [-0.39, 0.29) is 11.2 Å². The molecule has 0 atom stereocenters. The molecule has 1 fully saturated rings. The zero-order valence-electron chi connectivity index (χ0n) is 30.1. The summed E-state index contributed by atoms with van der Waals surface area (Å²) in [6, 6.07) is 25.7. The predicted molar refractivity (Wildman–Crippen MR) is 200 cm³/mol. The number of aryl methyl sites for hydroxylation is 3. The van der Waals surface area contributed by atoms with Crippen molar-refractivity contribution in [2.45, 2.75) is 119 Å². The van der Waals surface area contributed by atoms with Crippen LogP contribution in [0, 0.1) is 17.2 Å². The molecule has 2 heteroatoms. The SMILES string of the molecule is CCc1cc(-c2ccc(-c3ccc(-c4ccc(C5CCC(C)CC5)cc4)cc3F)cc2CC)c(CC)cc1OCC(CC)(CC)CC. The molecular weight excluding hydrogens is 575 g/mol. The maximum absolute atomic E-state index is 15.8. The zero-order valence-corrected chi connectivity index (χ0v) is 30.1. The van der Waals surface area contributed by atoms with Crippen LogP contribution in [0.5, 0.6) is 5.75 Å². The standard InChI is InChI=1S/C45H57FO/c1-8-32-26-39(41-25-22-38(28-43(41)46)37-20-18-36(19-21-37)35-16-14-31(7)15-17-35)23-24-40(32)42-27-34(10-3)44(29-33(42)9-2)47-30-45(11-4,12-5)13-6/h18-29,31,35H,8-17,30H2,1-7H3. The number of benzene rings is 4. The van der Waals surface area contributed by atoms with Gasteiger partial charge < -0.3 is 4.74 Å². The van der Waals surface area contributed by atoms with Crippen molar-refractivity contribution in [1.29, 1.82) is 0 Å². The minimum atomic E-state index is -0.172. The van der Waals surface area contributed by atoms with E-state index in [1.54, 1.807) is 6.07 Å². The van der Waals surface area contributed by atoms with E-state index in [9.17, 15) is 0 Å². The minimum absolute atomic E-state index is 0.172. The molecule has 0 bridgehead atoms. The first-order chi connectivity index (χ1) is 22.8. The highest BCUT2D eigenvalue weighted by atomic mass is 19.1. The molecule has 0 amide bonds. The quantitative estimate of drug-likeness (QED) is 0.142. The van der Waals surface area contributed by atoms with Crippen LogP contribution in [0.2, 0.25) is 0 Å². The van der Waals surface area contributed by atoms with E-state index in [1.165, 1.54) is 59.1 Å². The Labute approximate surface area is 285 Å². The monoisotopic (exact) mass is 632 g/mol.